The molecule has 2 rings (SSSR count). The van der Waals surface area contributed by atoms with Gasteiger partial charge in [0.25, 0.3) is 0 Å². The van der Waals surface area contributed by atoms with E-state index >= 15 is 0 Å². The maximum atomic E-state index is 12.5. The molecule has 0 saturated heterocycles. The third-order valence-corrected chi connectivity index (χ3v) is 5.15. The molecule has 0 aliphatic heterocycles. The van der Waals surface area contributed by atoms with E-state index in [0.29, 0.717) is 5.92 Å². The smallest absolute Gasteiger partial charge is 0.238 e. The minimum absolute atomic E-state index is 0.0286. The Labute approximate surface area is 157 Å². The lowest BCUT2D eigenvalue weighted by atomic mass is 9.86. The van der Waals surface area contributed by atoms with Crippen molar-refractivity contribution in [3.63, 3.8) is 0 Å². The molecular weight excluding hydrogens is 326 g/mol. The monoisotopic (exact) mass is 359 g/mol. The summed E-state index contributed by atoms with van der Waals surface area (Å²) >= 11 is 0. The van der Waals surface area contributed by atoms with Gasteiger partial charge in [0, 0.05) is 11.7 Å². The van der Waals surface area contributed by atoms with Crippen molar-refractivity contribution in [2.24, 2.45) is 5.92 Å². The van der Waals surface area contributed by atoms with Crippen LogP contribution in [0.15, 0.2) is 24.3 Å². The molecule has 1 aromatic rings. The van der Waals surface area contributed by atoms with E-state index in [2.05, 4.69) is 24.5 Å². The van der Waals surface area contributed by atoms with Crippen LogP contribution in [0.25, 0.3) is 0 Å². The minimum Gasteiger partial charge on any atom is -0.352 e. The SMILES string of the molecule is CCCN(CC(=O)Nc1ccccc1C)CC(=O)N[C@@H]1CCCC[C@@H]1C. The van der Waals surface area contributed by atoms with E-state index in [-0.39, 0.29) is 30.9 Å². The van der Waals surface area contributed by atoms with Crippen LogP contribution in [-0.4, -0.2) is 42.4 Å². The van der Waals surface area contributed by atoms with Crippen molar-refractivity contribution in [1.82, 2.24) is 10.2 Å². The van der Waals surface area contributed by atoms with Crippen molar-refractivity contribution in [2.75, 3.05) is 25.0 Å². The second-order valence-corrected chi connectivity index (χ2v) is 7.51. The van der Waals surface area contributed by atoms with Gasteiger partial charge in [-0.15, -0.1) is 0 Å². The number of benzene rings is 1. The zero-order valence-corrected chi connectivity index (χ0v) is 16.4. The van der Waals surface area contributed by atoms with E-state index in [1.54, 1.807) is 0 Å². The summed E-state index contributed by atoms with van der Waals surface area (Å²) in [5, 5.41) is 6.13. The Morgan fingerprint density at radius 2 is 1.81 bits per heavy atom. The summed E-state index contributed by atoms with van der Waals surface area (Å²) in [7, 11) is 0. The Kier molecular flexibility index (Phi) is 8.10. The number of carbonyl (C=O) groups is 2. The average Bonchev–Trinajstić information content (AvgIpc) is 2.59. The first-order valence-electron chi connectivity index (χ1n) is 9.86. The topological polar surface area (TPSA) is 61.4 Å². The Morgan fingerprint density at radius 1 is 1.12 bits per heavy atom. The van der Waals surface area contributed by atoms with Gasteiger partial charge in [0.05, 0.1) is 13.1 Å². The van der Waals surface area contributed by atoms with Crippen LogP contribution in [0.2, 0.25) is 0 Å². The van der Waals surface area contributed by atoms with E-state index in [0.717, 1.165) is 30.6 Å². The molecule has 5 heteroatoms. The summed E-state index contributed by atoms with van der Waals surface area (Å²) in [6, 6.07) is 8.00. The number of hydrogen-bond donors (Lipinski definition) is 2. The molecule has 5 nitrogen and oxygen atoms in total. The van der Waals surface area contributed by atoms with E-state index in [1.807, 2.05) is 36.1 Å². The van der Waals surface area contributed by atoms with Crippen LogP contribution in [0.1, 0.15) is 51.5 Å². The maximum absolute atomic E-state index is 12.5. The molecule has 2 N–H and O–H groups in total. The highest BCUT2D eigenvalue weighted by atomic mass is 16.2. The zero-order valence-electron chi connectivity index (χ0n) is 16.4. The number of rotatable bonds is 8. The molecule has 0 radical (unpaired) electrons. The van der Waals surface area contributed by atoms with Crippen LogP contribution in [0, 0.1) is 12.8 Å². The fourth-order valence-corrected chi connectivity index (χ4v) is 3.62. The third-order valence-electron chi connectivity index (χ3n) is 5.15. The second-order valence-electron chi connectivity index (χ2n) is 7.51. The molecule has 0 bridgehead atoms. The predicted octanol–water partition coefficient (Wildman–Crippen LogP) is 3.34. The number of aryl methyl sites for hydroxylation is 1. The average molecular weight is 360 g/mol. The van der Waals surface area contributed by atoms with Crippen molar-refractivity contribution in [3.05, 3.63) is 29.8 Å². The van der Waals surface area contributed by atoms with Gasteiger partial charge >= 0.3 is 0 Å². The first-order valence-corrected chi connectivity index (χ1v) is 9.86. The number of nitrogens with zero attached hydrogens (tertiary/aromatic N) is 1. The molecule has 2 amide bonds. The lowest BCUT2D eigenvalue weighted by Gasteiger charge is -2.30. The molecule has 1 saturated carbocycles. The van der Waals surface area contributed by atoms with Gasteiger partial charge in [0.15, 0.2) is 0 Å². The number of anilines is 1. The summed E-state index contributed by atoms with van der Waals surface area (Å²) < 4.78 is 0. The molecule has 0 heterocycles. The predicted molar refractivity (Wildman–Crippen MR) is 106 cm³/mol. The van der Waals surface area contributed by atoms with Gasteiger partial charge in [0.1, 0.15) is 0 Å². The van der Waals surface area contributed by atoms with Crippen molar-refractivity contribution < 1.29 is 9.59 Å². The lowest BCUT2D eigenvalue weighted by Crippen LogP contribution is -2.47. The van der Waals surface area contributed by atoms with E-state index in [1.165, 1.54) is 19.3 Å². The van der Waals surface area contributed by atoms with E-state index < -0.39 is 0 Å². The lowest BCUT2D eigenvalue weighted by molar-refractivity contribution is -0.124. The molecule has 0 spiro atoms. The summed E-state index contributed by atoms with van der Waals surface area (Å²) in [6.45, 7) is 7.48. The van der Waals surface area contributed by atoms with Gasteiger partial charge in [-0.1, -0.05) is 44.9 Å². The van der Waals surface area contributed by atoms with Crippen molar-refractivity contribution >= 4 is 17.5 Å². The van der Waals surface area contributed by atoms with Crippen molar-refractivity contribution in [1.29, 1.82) is 0 Å². The normalized spacial score (nSPS) is 20.0. The summed E-state index contributed by atoms with van der Waals surface area (Å²) in [5.74, 6) is 0.490. The molecule has 0 aromatic heterocycles. The highest BCUT2D eigenvalue weighted by Crippen LogP contribution is 2.23. The Morgan fingerprint density at radius 3 is 2.50 bits per heavy atom. The number of carbonyl (C=O) groups excluding carboxylic acids is 2. The number of hydrogen-bond acceptors (Lipinski definition) is 3. The molecule has 0 unspecified atom stereocenters. The van der Waals surface area contributed by atoms with Gasteiger partial charge in [-0.3, -0.25) is 14.5 Å². The molecule has 1 fully saturated rings. The van der Waals surface area contributed by atoms with Crippen LogP contribution >= 0.6 is 0 Å². The fourth-order valence-electron chi connectivity index (χ4n) is 3.62. The van der Waals surface area contributed by atoms with Crippen LogP contribution < -0.4 is 10.6 Å². The van der Waals surface area contributed by atoms with Gasteiger partial charge < -0.3 is 10.6 Å². The van der Waals surface area contributed by atoms with E-state index in [9.17, 15) is 9.59 Å². The second kappa shape index (κ2) is 10.3. The summed E-state index contributed by atoms with van der Waals surface area (Å²) in [5.41, 5.74) is 1.86. The van der Waals surface area contributed by atoms with Crippen LogP contribution in [0.4, 0.5) is 5.69 Å². The number of amides is 2. The minimum atomic E-state index is -0.0772. The van der Waals surface area contributed by atoms with Crippen molar-refractivity contribution in [2.45, 2.75) is 58.9 Å². The van der Waals surface area contributed by atoms with Gasteiger partial charge in [-0.2, -0.15) is 0 Å². The zero-order chi connectivity index (χ0) is 18.9. The largest absolute Gasteiger partial charge is 0.352 e. The van der Waals surface area contributed by atoms with E-state index in [4.69, 9.17) is 0 Å². The highest BCUT2D eigenvalue weighted by molar-refractivity contribution is 5.93. The van der Waals surface area contributed by atoms with Crippen molar-refractivity contribution in [3.8, 4) is 0 Å². The Bertz CT molecular complexity index is 603. The number of para-hydroxylation sites is 1. The van der Waals surface area contributed by atoms with Crippen LogP contribution in [0.3, 0.4) is 0 Å². The molecular formula is C21H33N3O2. The first-order chi connectivity index (χ1) is 12.5. The van der Waals surface area contributed by atoms with Crippen LogP contribution in [0.5, 0.6) is 0 Å². The summed E-state index contributed by atoms with van der Waals surface area (Å²) in [4.78, 5) is 26.8. The van der Waals surface area contributed by atoms with Crippen LogP contribution in [-0.2, 0) is 9.59 Å². The molecule has 1 aliphatic rings. The third kappa shape index (κ3) is 6.45. The fraction of sp³-hybridized carbons (Fsp3) is 0.619. The molecule has 1 aliphatic carbocycles. The maximum Gasteiger partial charge on any atom is 0.238 e. The van der Waals surface area contributed by atoms with Gasteiger partial charge in [-0.25, -0.2) is 0 Å². The first kappa shape index (κ1) is 20.4. The van der Waals surface area contributed by atoms with Gasteiger partial charge in [-0.05, 0) is 50.3 Å². The molecule has 2 atom stereocenters. The highest BCUT2D eigenvalue weighted by Gasteiger charge is 2.23. The molecule has 26 heavy (non-hydrogen) atoms. The standard InChI is InChI=1S/C21H33N3O2/c1-4-13-24(14-20(25)22-18-11-7-5-9-16(18)2)15-21(26)23-19-12-8-6-10-17(19)3/h5,7,9,11,17,19H,4,6,8,10,12-15H2,1-3H3,(H,22,25)(H,23,26)/t17-,19+/m0/s1. The Hall–Kier alpha value is -1.88. The van der Waals surface area contributed by atoms with Gasteiger partial charge in [0.2, 0.25) is 11.8 Å². The molecule has 144 valence electrons. The summed E-state index contributed by atoms with van der Waals surface area (Å²) in [6.07, 6.45) is 5.60. The Balaban J connectivity index is 1.85. The number of nitrogens with one attached hydrogen (secondary N) is 2. The quantitative estimate of drug-likeness (QED) is 0.748. The molecule has 1 aromatic carbocycles.